The van der Waals surface area contributed by atoms with E-state index in [9.17, 15) is 0 Å². The first kappa shape index (κ1) is 35.7. The maximum absolute atomic E-state index is 2.53. The molecule has 274 valence electrons. The summed E-state index contributed by atoms with van der Waals surface area (Å²) in [6, 6.07) is 79.6. The molecule has 0 aliphatic heterocycles. The van der Waals surface area contributed by atoms with E-state index in [-0.39, 0.29) is 5.41 Å². The van der Waals surface area contributed by atoms with Crippen molar-refractivity contribution in [3.8, 4) is 55.6 Å². The fraction of sp³-hybridized carbons (Fsp3) is 0.0714. The van der Waals surface area contributed by atoms with Gasteiger partial charge in [-0.2, -0.15) is 0 Å². The molecule has 0 N–H and O–H groups in total. The zero-order chi connectivity index (χ0) is 38.8. The van der Waals surface area contributed by atoms with Crippen LogP contribution in [0.4, 0.5) is 17.1 Å². The number of benzene rings is 9. The molecule has 1 heteroatoms. The van der Waals surface area contributed by atoms with Gasteiger partial charge < -0.3 is 4.90 Å². The first-order valence-electron chi connectivity index (χ1n) is 19.9. The van der Waals surface area contributed by atoms with E-state index in [0.717, 1.165) is 28.2 Å². The molecule has 0 saturated carbocycles. The highest BCUT2D eigenvalue weighted by molar-refractivity contribution is 6.09. The third kappa shape index (κ3) is 7.05. The lowest BCUT2D eigenvalue weighted by Crippen LogP contribution is -2.16. The van der Waals surface area contributed by atoms with Gasteiger partial charge >= 0.3 is 0 Å². The summed E-state index contributed by atoms with van der Waals surface area (Å²) in [6.07, 6.45) is 0. The highest BCUT2D eigenvalue weighted by Crippen LogP contribution is 2.50. The van der Waals surface area contributed by atoms with Gasteiger partial charge in [0.15, 0.2) is 0 Å². The molecule has 1 nitrogen and oxygen atoms in total. The van der Waals surface area contributed by atoms with E-state index in [2.05, 4.69) is 244 Å². The number of rotatable bonds is 8. The number of hydrogen-bond acceptors (Lipinski definition) is 1. The van der Waals surface area contributed by atoms with Gasteiger partial charge in [-0.1, -0.05) is 221 Å². The molecule has 0 amide bonds. The van der Waals surface area contributed by atoms with E-state index in [1.54, 1.807) is 0 Å². The lowest BCUT2D eigenvalue weighted by Gasteiger charge is -2.33. The Morgan fingerprint density at radius 3 is 1.33 bits per heavy atom. The maximum Gasteiger partial charge on any atom is 0.0543 e. The molecular formula is C56H45N. The molecule has 0 fully saturated rings. The average molecular weight is 732 g/mol. The van der Waals surface area contributed by atoms with E-state index < -0.39 is 0 Å². The molecule has 0 spiro atoms. The zero-order valence-electron chi connectivity index (χ0n) is 32.7. The Bertz CT molecular complexity index is 2790. The minimum absolute atomic E-state index is 0.0673. The second-order valence-electron chi connectivity index (χ2n) is 15.7. The van der Waals surface area contributed by atoms with E-state index in [1.165, 1.54) is 60.8 Å². The highest BCUT2D eigenvalue weighted by atomic mass is 15.1. The SMILES string of the molecule is CC(C)(C)c1ccc(-c2ccccc2)c(N(c2ccccc2-c2ccc(-c3ccccc3)cc2)c2ccccc2-c2cccc3cccc(-c4ccccc4)c23)c1. The van der Waals surface area contributed by atoms with Gasteiger partial charge in [-0.05, 0) is 78.9 Å². The van der Waals surface area contributed by atoms with Crippen LogP contribution < -0.4 is 4.90 Å². The Hall–Kier alpha value is -6.96. The van der Waals surface area contributed by atoms with Crippen molar-refractivity contribution in [2.24, 2.45) is 0 Å². The summed E-state index contributed by atoms with van der Waals surface area (Å²) in [7, 11) is 0. The minimum Gasteiger partial charge on any atom is -0.309 e. The Balaban J connectivity index is 1.34. The summed E-state index contributed by atoms with van der Waals surface area (Å²) >= 11 is 0. The predicted molar refractivity (Wildman–Crippen MR) is 245 cm³/mol. The van der Waals surface area contributed by atoms with Crippen molar-refractivity contribution in [1.29, 1.82) is 0 Å². The summed E-state index contributed by atoms with van der Waals surface area (Å²) in [4.78, 5) is 2.53. The van der Waals surface area contributed by atoms with Gasteiger partial charge in [-0.25, -0.2) is 0 Å². The summed E-state index contributed by atoms with van der Waals surface area (Å²) in [5, 5.41) is 2.46. The number of para-hydroxylation sites is 2. The first-order valence-corrected chi connectivity index (χ1v) is 19.9. The normalized spacial score (nSPS) is 11.4. The highest BCUT2D eigenvalue weighted by Gasteiger charge is 2.26. The standard InChI is InChI=1S/C56H45N/c1-56(2,3)46-37-38-48(42-21-9-5-10-22-42)54(39-46)57(52-31-15-13-27-47(52)44-35-33-41(34-36-44)40-19-7-4-8-20-40)53-32-16-14-28-50(53)51-30-18-26-45-25-17-29-49(55(45)51)43-23-11-6-12-24-43/h4-39H,1-3H3. The monoisotopic (exact) mass is 731 g/mol. The molecule has 0 unspecified atom stereocenters. The fourth-order valence-electron chi connectivity index (χ4n) is 8.14. The third-order valence-corrected chi connectivity index (χ3v) is 11.1. The van der Waals surface area contributed by atoms with Crippen LogP contribution in [0, 0.1) is 0 Å². The topological polar surface area (TPSA) is 3.24 Å². The van der Waals surface area contributed by atoms with Crippen LogP contribution >= 0.6 is 0 Å². The van der Waals surface area contributed by atoms with Gasteiger partial charge in [0.05, 0.1) is 17.1 Å². The second-order valence-corrected chi connectivity index (χ2v) is 15.7. The largest absolute Gasteiger partial charge is 0.309 e. The second kappa shape index (κ2) is 15.3. The summed E-state index contributed by atoms with van der Waals surface area (Å²) in [5.74, 6) is 0. The fourth-order valence-corrected chi connectivity index (χ4v) is 8.14. The van der Waals surface area contributed by atoms with Crippen molar-refractivity contribution in [3.63, 3.8) is 0 Å². The van der Waals surface area contributed by atoms with Crippen molar-refractivity contribution in [2.75, 3.05) is 4.90 Å². The smallest absolute Gasteiger partial charge is 0.0543 e. The quantitative estimate of drug-likeness (QED) is 0.150. The van der Waals surface area contributed by atoms with Crippen molar-refractivity contribution in [1.82, 2.24) is 0 Å². The number of fused-ring (bicyclic) bond motifs is 1. The molecule has 0 aliphatic carbocycles. The van der Waals surface area contributed by atoms with Crippen LogP contribution in [-0.4, -0.2) is 0 Å². The van der Waals surface area contributed by atoms with Crippen molar-refractivity contribution in [2.45, 2.75) is 26.2 Å². The third-order valence-electron chi connectivity index (χ3n) is 11.1. The Kier molecular flexibility index (Phi) is 9.58. The van der Waals surface area contributed by atoms with Crippen molar-refractivity contribution < 1.29 is 0 Å². The Morgan fingerprint density at radius 1 is 0.298 bits per heavy atom. The van der Waals surface area contributed by atoms with Crippen molar-refractivity contribution in [3.05, 3.63) is 224 Å². The van der Waals surface area contributed by atoms with Gasteiger partial charge in [-0.15, -0.1) is 0 Å². The number of nitrogens with zero attached hydrogens (tertiary/aromatic N) is 1. The molecule has 0 radical (unpaired) electrons. The molecule has 0 aliphatic rings. The number of hydrogen-bond donors (Lipinski definition) is 0. The summed E-state index contributed by atoms with van der Waals surface area (Å²) in [5.41, 5.74) is 16.5. The van der Waals surface area contributed by atoms with Gasteiger partial charge in [0.1, 0.15) is 0 Å². The van der Waals surface area contributed by atoms with Crippen molar-refractivity contribution >= 4 is 27.8 Å². The van der Waals surface area contributed by atoms with E-state index in [0.29, 0.717) is 0 Å². The molecule has 0 atom stereocenters. The van der Waals surface area contributed by atoms with Gasteiger partial charge in [0.25, 0.3) is 0 Å². The molecule has 0 heterocycles. The van der Waals surface area contributed by atoms with Crippen LogP contribution in [0.5, 0.6) is 0 Å². The van der Waals surface area contributed by atoms with Crippen LogP contribution in [0.25, 0.3) is 66.4 Å². The van der Waals surface area contributed by atoms with Crippen LogP contribution in [0.3, 0.4) is 0 Å². The maximum atomic E-state index is 2.53. The Morgan fingerprint density at radius 2 is 0.719 bits per heavy atom. The molecule has 9 aromatic rings. The van der Waals surface area contributed by atoms with E-state index in [1.807, 2.05) is 0 Å². The van der Waals surface area contributed by atoms with Crippen LogP contribution in [0.2, 0.25) is 0 Å². The van der Waals surface area contributed by atoms with E-state index >= 15 is 0 Å². The first-order chi connectivity index (χ1) is 27.9. The molecule has 57 heavy (non-hydrogen) atoms. The Labute approximate surface area is 337 Å². The van der Waals surface area contributed by atoms with E-state index in [4.69, 9.17) is 0 Å². The molecule has 9 aromatic carbocycles. The van der Waals surface area contributed by atoms with Crippen LogP contribution in [-0.2, 0) is 5.41 Å². The average Bonchev–Trinajstić information content (AvgIpc) is 3.27. The predicted octanol–water partition coefficient (Wildman–Crippen LogP) is 15.9. The lowest BCUT2D eigenvalue weighted by atomic mass is 9.85. The molecule has 0 aromatic heterocycles. The van der Waals surface area contributed by atoms with Crippen LogP contribution in [0.15, 0.2) is 218 Å². The molecular weight excluding hydrogens is 687 g/mol. The molecule has 0 saturated heterocycles. The summed E-state index contributed by atoms with van der Waals surface area (Å²) in [6.45, 7) is 6.90. The zero-order valence-corrected chi connectivity index (χ0v) is 32.7. The molecule has 0 bridgehead atoms. The van der Waals surface area contributed by atoms with Gasteiger partial charge in [0.2, 0.25) is 0 Å². The molecule has 9 rings (SSSR count). The van der Waals surface area contributed by atoms with Gasteiger partial charge in [-0.3, -0.25) is 0 Å². The lowest BCUT2D eigenvalue weighted by molar-refractivity contribution is 0.590. The minimum atomic E-state index is -0.0673. The summed E-state index contributed by atoms with van der Waals surface area (Å²) < 4.78 is 0. The van der Waals surface area contributed by atoms with Gasteiger partial charge in [0, 0.05) is 16.7 Å². The van der Waals surface area contributed by atoms with Crippen LogP contribution in [0.1, 0.15) is 26.3 Å². The number of anilines is 3.